The van der Waals surface area contributed by atoms with Gasteiger partial charge in [-0.25, -0.2) is 8.42 Å². The van der Waals surface area contributed by atoms with Crippen molar-refractivity contribution >= 4 is 26.8 Å². The first-order chi connectivity index (χ1) is 15.6. The quantitative estimate of drug-likeness (QED) is 0.736. The van der Waals surface area contributed by atoms with Crippen LogP contribution in [0.5, 0.6) is 0 Å². The van der Waals surface area contributed by atoms with Crippen LogP contribution in [0, 0.1) is 17.8 Å². The van der Waals surface area contributed by atoms with Crippen molar-refractivity contribution in [3.63, 3.8) is 0 Å². The summed E-state index contributed by atoms with van der Waals surface area (Å²) in [5, 5.41) is 3.32. The van der Waals surface area contributed by atoms with E-state index in [0.717, 1.165) is 32.1 Å². The first-order valence-electron chi connectivity index (χ1n) is 12.0. The number of pyridine rings is 1. The van der Waals surface area contributed by atoms with Gasteiger partial charge in [0.1, 0.15) is 5.56 Å². The van der Waals surface area contributed by atoms with Crippen LogP contribution in [0.2, 0.25) is 0 Å². The van der Waals surface area contributed by atoms with Gasteiger partial charge >= 0.3 is 0 Å². The lowest BCUT2D eigenvalue weighted by molar-refractivity contribution is 0.0889. The van der Waals surface area contributed by atoms with E-state index in [2.05, 4.69) is 26.1 Å². The number of rotatable bonds is 4. The number of amides is 1. The predicted molar refractivity (Wildman–Crippen MR) is 130 cm³/mol. The average molecular weight is 474 g/mol. The molecular formula is C25H35N3O4S. The Kier molecular flexibility index (Phi) is 6.69. The number of aromatic nitrogens is 1. The summed E-state index contributed by atoms with van der Waals surface area (Å²) in [5.41, 5.74) is 0.223. The minimum Gasteiger partial charge on any atom is -0.350 e. The molecule has 2 aromatic rings. The lowest BCUT2D eigenvalue weighted by atomic mass is 9.78. The highest BCUT2D eigenvalue weighted by atomic mass is 32.2. The third-order valence-corrected chi connectivity index (χ3v) is 9.70. The van der Waals surface area contributed by atoms with Gasteiger partial charge in [0.15, 0.2) is 0 Å². The Labute approximate surface area is 196 Å². The number of fused-ring (bicyclic) bond motifs is 1. The number of piperidine rings is 1. The van der Waals surface area contributed by atoms with Gasteiger partial charge < -0.3 is 9.88 Å². The lowest BCUT2D eigenvalue weighted by Crippen LogP contribution is -2.45. The summed E-state index contributed by atoms with van der Waals surface area (Å²) in [6.07, 6.45) is 6.33. The Balaban J connectivity index is 1.68. The topological polar surface area (TPSA) is 88.5 Å². The van der Waals surface area contributed by atoms with Crippen molar-refractivity contribution in [3.8, 4) is 0 Å². The van der Waals surface area contributed by atoms with Crippen LogP contribution in [-0.4, -0.2) is 42.3 Å². The smallest absolute Gasteiger partial charge is 0.256 e. The maximum atomic E-state index is 13.3. The molecule has 0 unspecified atom stereocenters. The Morgan fingerprint density at radius 1 is 1.06 bits per heavy atom. The molecule has 2 heterocycles. The molecule has 3 atom stereocenters. The number of sulfonamides is 1. The SMILES string of the molecule is CC1CCN(S(=O)(=O)c2ccc3c(c2)c(=O)c(C(=O)N[C@@H]2CCC[C@@H](C)[C@H]2C)cn3C)CC1. The van der Waals surface area contributed by atoms with Crippen LogP contribution in [0.1, 0.15) is 63.2 Å². The lowest BCUT2D eigenvalue weighted by Gasteiger charge is -2.34. The van der Waals surface area contributed by atoms with E-state index >= 15 is 0 Å². The van der Waals surface area contributed by atoms with E-state index in [1.54, 1.807) is 29.9 Å². The number of nitrogens with one attached hydrogen (secondary N) is 1. The summed E-state index contributed by atoms with van der Waals surface area (Å²) in [6.45, 7) is 7.44. The van der Waals surface area contributed by atoms with E-state index in [9.17, 15) is 18.0 Å². The molecule has 1 amide bonds. The summed E-state index contributed by atoms with van der Waals surface area (Å²) in [5.74, 6) is 0.989. The summed E-state index contributed by atoms with van der Waals surface area (Å²) >= 11 is 0. The molecule has 1 aliphatic carbocycles. The summed E-state index contributed by atoms with van der Waals surface area (Å²) < 4.78 is 29.7. The van der Waals surface area contributed by atoms with Gasteiger partial charge in [0, 0.05) is 37.8 Å². The van der Waals surface area contributed by atoms with Crippen molar-refractivity contribution in [1.82, 2.24) is 14.2 Å². The molecule has 33 heavy (non-hydrogen) atoms. The molecule has 1 saturated heterocycles. The minimum atomic E-state index is -3.69. The molecule has 0 radical (unpaired) electrons. The largest absolute Gasteiger partial charge is 0.350 e. The molecule has 1 aromatic carbocycles. The minimum absolute atomic E-state index is 0.0369. The Morgan fingerprint density at radius 3 is 2.45 bits per heavy atom. The zero-order valence-corrected chi connectivity index (χ0v) is 20.8. The van der Waals surface area contributed by atoms with Gasteiger partial charge in [-0.05, 0) is 55.2 Å². The molecule has 1 saturated carbocycles. The molecule has 0 bridgehead atoms. The van der Waals surface area contributed by atoms with Crippen molar-refractivity contribution in [2.24, 2.45) is 24.8 Å². The Hall–Kier alpha value is -2.19. The molecule has 2 fully saturated rings. The van der Waals surface area contributed by atoms with Gasteiger partial charge in [-0.15, -0.1) is 0 Å². The number of hydrogen-bond donors (Lipinski definition) is 1. The molecular weight excluding hydrogens is 438 g/mol. The van der Waals surface area contributed by atoms with Crippen LogP contribution in [0.4, 0.5) is 0 Å². The fourth-order valence-corrected chi connectivity index (χ4v) is 6.70. The Morgan fingerprint density at radius 2 is 1.76 bits per heavy atom. The van der Waals surface area contributed by atoms with Gasteiger partial charge in [0.05, 0.1) is 10.4 Å². The van der Waals surface area contributed by atoms with Gasteiger partial charge in [-0.2, -0.15) is 4.31 Å². The summed E-state index contributed by atoms with van der Waals surface area (Å²) in [7, 11) is -1.92. The highest BCUT2D eigenvalue weighted by Crippen LogP contribution is 2.30. The maximum Gasteiger partial charge on any atom is 0.256 e. The molecule has 4 rings (SSSR count). The Bertz CT molecular complexity index is 1210. The predicted octanol–water partition coefficient (Wildman–Crippen LogP) is 3.51. The first kappa shape index (κ1) is 24.0. The number of carbonyl (C=O) groups is 1. The summed E-state index contributed by atoms with van der Waals surface area (Å²) in [4.78, 5) is 26.5. The second-order valence-corrected chi connectivity index (χ2v) is 12.0. The fourth-order valence-electron chi connectivity index (χ4n) is 5.20. The van der Waals surface area contributed by atoms with Crippen LogP contribution in [0.25, 0.3) is 10.9 Å². The van der Waals surface area contributed by atoms with E-state index in [0.29, 0.717) is 36.4 Å². The van der Waals surface area contributed by atoms with E-state index in [-0.39, 0.29) is 27.8 Å². The van der Waals surface area contributed by atoms with Crippen molar-refractivity contribution < 1.29 is 13.2 Å². The number of benzene rings is 1. The molecule has 0 spiro atoms. The second kappa shape index (κ2) is 9.22. The number of carbonyl (C=O) groups excluding carboxylic acids is 1. The first-order valence-corrected chi connectivity index (χ1v) is 13.5. The van der Waals surface area contributed by atoms with Crippen LogP contribution in [0.3, 0.4) is 0 Å². The standard InChI is InChI=1S/C25H35N3O4S/c1-16-10-12-28(13-11-16)33(31,32)19-8-9-23-20(14-19)24(29)21(15-27(23)4)25(30)26-22-7-5-6-17(2)18(22)3/h8-9,14-18,22H,5-7,10-13H2,1-4H3,(H,26,30)/t17-,18-,22-/m1/s1. The average Bonchev–Trinajstić information content (AvgIpc) is 2.79. The van der Waals surface area contributed by atoms with E-state index in [4.69, 9.17) is 0 Å². The fraction of sp³-hybridized carbons (Fsp3) is 0.600. The second-order valence-electron chi connectivity index (χ2n) is 10.1. The van der Waals surface area contributed by atoms with Crippen LogP contribution in [0.15, 0.2) is 34.1 Å². The van der Waals surface area contributed by atoms with Crippen LogP contribution >= 0.6 is 0 Å². The van der Waals surface area contributed by atoms with Crippen LogP contribution < -0.4 is 10.7 Å². The van der Waals surface area contributed by atoms with Crippen molar-refractivity contribution in [3.05, 3.63) is 40.2 Å². The van der Waals surface area contributed by atoms with Gasteiger partial charge in [-0.1, -0.05) is 33.6 Å². The molecule has 1 N–H and O–H groups in total. The third-order valence-electron chi connectivity index (χ3n) is 7.81. The third kappa shape index (κ3) is 4.60. The number of aryl methyl sites for hydroxylation is 1. The number of hydrogen-bond acceptors (Lipinski definition) is 4. The van der Waals surface area contributed by atoms with E-state index < -0.39 is 15.5 Å². The highest BCUT2D eigenvalue weighted by molar-refractivity contribution is 7.89. The van der Waals surface area contributed by atoms with Gasteiger partial charge in [0.2, 0.25) is 15.5 Å². The highest BCUT2D eigenvalue weighted by Gasteiger charge is 2.30. The molecule has 1 aromatic heterocycles. The van der Waals surface area contributed by atoms with Crippen molar-refractivity contribution in [2.75, 3.05) is 13.1 Å². The molecule has 180 valence electrons. The van der Waals surface area contributed by atoms with E-state index in [1.807, 2.05) is 0 Å². The zero-order chi connectivity index (χ0) is 23.9. The molecule has 1 aliphatic heterocycles. The number of nitrogens with zero attached hydrogens (tertiary/aromatic N) is 2. The molecule has 8 heteroatoms. The zero-order valence-electron chi connectivity index (χ0n) is 20.0. The van der Waals surface area contributed by atoms with Crippen molar-refractivity contribution in [2.45, 2.75) is 63.8 Å². The normalized spacial score (nSPS) is 25.3. The molecule has 2 aliphatic rings. The van der Waals surface area contributed by atoms with Gasteiger partial charge in [0.25, 0.3) is 5.91 Å². The van der Waals surface area contributed by atoms with Gasteiger partial charge in [-0.3, -0.25) is 9.59 Å². The summed E-state index contributed by atoms with van der Waals surface area (Å²) in [6, 6.07) is 4.69. The van der Waals surface area contributed by atoms with Crippen molar-refractivity contribution in [1.29, 1.82) is 0 Å². The van der Waals surface area contributed by atoms with E-state index in [1.165, 1.54) is 10.4 Å². The van der Waals surface area contributed by atoms with Crippen LogP contribution in [-0.2, 0) is 17.1 Å². The molecule has 7 nitrogen and oxygen atoms in total. The monoisotopic (exact) mass is 473 g/mol. The maximum absolute atomic E-state index is 13.3.